The molecule has 5 rings (SSSR count). The smallest absolute Gasteiger partial charge is 0.258 e. The van der Waals surface area contributed by atoms with E-state index in [9.17, 15) is 18.8 Å². The molecule has 12 heteroatoms. The van der Waals surface area contributed by atoms with Gasteiger partial charge in [0.25, 0.3) is 5.91 Å². The van der Waals surface area contributed by atoms with Gasteiger partial charge in [-0.25, -0.2) is 4.39 Å². The number of carbonyl (C=O) groups is 3. The minimum atomic E-state index is -0.600. The van der Waals surface area contributed by atoms with Crippen LogP contribution in [0.1, 0.15) is 29.5 Å². The van der Waals surface area contributed by atoms with Gasteiger partial charge >= 0.3 is 0 Å². The minimum Gasteiger partial charge on any atom is -0.493 e. The van der Waals surface area contributed by atoms with Crippen LogP contribution in [0.4, 0.5) is 4.39 Å². The summed E-state index contributed by atoms with van der Waals surface area (Å²) in [4.78, 5) is 40.4. The molecule has 2 N–H and O–H groups in total. The van der Waals surface area contributed by atoms with Gasteiger partial charge in [0.15, 0.2) is 18.1 Å². The largest absolute Gasteiger partial charge is 0.493 e. The summed E-state index contributed by atoms with van der Waals surface area (Å²) in [7, 11) is 1.51. The molecule has 3 aromatic rings. The molecule has 3 heterocycles. The number of nitrogens with zero attached hydrogens (tertiary/aromatic N) is 3. The molecule has 1 aromatic heterocycles. The van der Waals surface area contributed by atoms with Crippen molar-refractivity contribution in [2.75, 3.05) is 26.8 Å². The molecule has 42 heavy (non-hydrogen) atoms. The van der Waals surface area contributed by atoms with Crippen molar-refractivity contribution in [3.63, 3.8) is 0 Å². The van der Waals surface area contributed by atoms with Crippen LogP contribution in [-0.4, -0.2) is 71.4 Å². The van der Waals surface area contributed by atoms with Crippen LogP contribution < -0.4 is 24.8 Å². The average molecular weight is 580 g/mol. The van der Waals surface area contributed by atoms with E-state index in [4.69, 9.17) is 14.2 Å². The van der Waals surface area contributed by atoms with E-state index in [1.807, 2.05) is 13.0 Å². The Morgan fingerprint density at radius 1 is 1.14 bits per heavy atom. The Morgan fingerprint density at radius 3 is 2.79 bits per heavy atom. The lowest BCUT2D eigenvalue weighted by atomic mass is 10.0. The number of benzene rings is 2. The zero-order valence-electron chi connectivity index (χ0n) is 23.6. The first-order chi connectivity index (χ1) is 20.2. The number of fused-ring (bicyclic) bond motifs is 5. The van der Waals surface area contributed by atoms with Gasteiger partial charge in [0.1, 0.15) is 24.2 Å². The number of likely N-dealkylation sites (tertiary alicyclic amines) is 1. The molecule has 0 spiro atoms. The maximum atomic E-state index is 14.5. The number of piperidine rings is 1. The van der Waals surface area contributed by atoms with Crippen molar-refractivity contribution >= 4 is 17.7 Å². The van der Waals surface area contributed by atoms with Gasteiger partial charge in [-0.05, 0) is 54.3 Å². The lowest BCUT2D eigenvalue weighted by molar-refractivity contribution is -0.136. The Morgan fingerprint density at radius 2 is 2.00 bits per heavy atom. The van der Waals surface area contributed by atoms with Crippen LogP contribution in [0.5, 0.6) is 17.2 Å². The van der Waals surface area contributed by atoms with Gasteiger partial charge in [-0.3, -0.25) is 19.1 Å². The number of carbonyl (C=O) groups excluding carboxylic acids is 3. The van der Waals surface area contributed by atoms with E-state index in [1.54, 1.807) is 40.2 Å². The molecule has 0 radical (unpaired) electrons. The SMILES string of the molecule is COc1ccc2cc1OCC(=O)N[C@@H]1CN(C(=O)Cn3cc(C)cn3)CC[C@H]1Oc1cc(F)cc(c1)CNC(=O)CC2. The normalized spacial score (nSPS) is 19.6. The van der Waals surface area contributed by atoms with E-state index in [0.29, 0.717) is 36.4 Å². The van der Waals surface area contributed by atoms with Crippen LogP contribution in [0, 0.1) is 12.7 Å². The highest BCUT2D eigenvalue weighted by atomic mass is 19.1. The standard InChI is InChI=1S/C30H34FN5O6/c1-19-13-33-36(15-19)17-30(39)35-8-7-25-24(16-35)34-29(38)18-41-27-11-20(3-5-26(27)40-2)4-6-28(37)32-14-21-9-22(31)12-23(10-21)42-25/h3,5,9-13,15,24-25H,4,6-8,14,16-18H2,1-2H3,(H,32,37)(H,34,38)/t24-,25-/m1/s1. The van der Waals surface area contributed by atoms with Crippen LogP contribution in [0.3, 0.4) is 0 Å². The highest BCUT2D eigenvalue weighted by Gasteiger charge is 2.34. The van der Waals surface area contributed by atoms with Gasteiger partial charge in [-0.1, -0.05) is 6.07 Å². The molecule has 1 fully saturated rings. The molecule has 3 amide bonds. The van der Waals surface area contributed by atoms with Crippen molar-refractivity contribution in [3.05, 3.63) is 71.3 Å². The Balaban J connectivity index is 1.38. The Hall–Kier alpha value is -4.61. The molecule has 2 atom stereocenters. The summed E-state index contributed by atoms with van der Waals surface area (Å²) in [6, 6.07) is 8.97. The monoisotopic (exact) mass is 579 g/mol. The Labute approximate surface area is 242 Å². The predicted octanol–water partition coefficient (Wildman–Crippen LogP) is 2.15. The summed E-state index contributed by atoms with van der Waals surface area (Å²) in [5, 5.41) is 9.98. The van der Waals surface area contributed by atoms with Gasteiger partial charge < -0.3 is 29.7 Å². The minimum absolute atomic E-state index is 0.0677. The fourth-order valence-electron chi connectivity index (χ4n) is 5.12. The number of rotatable bonds is 3. The fraction of sp³-hybridized carbons (Fsp3) is 0.400. The third-order valence-electron chi connectivity index (χ3n) is 7.24. The van der Waals surface area contributed by atoms with Crippen LogP contribution in [0.15, 0.2) is 48.8 Å². The summed E-state index contributed by atoms with van der Waals surface area (Å²) in [5.41, 5.74) is 2.32. The fourth-order valence-corrected chi connectivity index (χ4v) is 5.12. The molecular weight excluding hydrogens is 545 g/mol. The maximum Gasteiger partial charge on any atom is 0.258 e. The third kappa shape index (κ3) is 7.36. The van der Waals surface area contributed by atoms with E-state index in [1.165, 1.54) is 19.2 Å². The molecule has 0 aliphatic carbocycles. The number of hydrogen-bond acceptors (Lipinski definition) is 7. The zero-order valence-corrected chi connectivity index (χ0v) is 23.6. The predicted molar refractivity (Wildman–Crippen MR) is 150 cm³/mol. The first-order valence-electron chi connectivity index (χ1n) is 13.8. The summed E-state index contributed by atoms with van der Waals surface area (Å²) in [6.07, 6.45) is 3.96. The molecule has 0 unspecified atom stereocenters. The number of hydrogen-bond donors (Lipinski definition) is 2. The van der Waals surface area contributed by atoms with Gasteiger partial charge in [-0.2, -0.15) is 5.10 Å². The second-order valence-corrected chi connectivity index (χ2v) is 10.5. The number of ether oxygens (including phenoxy) is 3. The van der Waals surface area contributed by atoms with Crippen molar-refractivity contribution < 1.29 is 33.0 Å². The second kappa shape index (κ2) is 12.9. The van der Waals surface area contributed by atoms with E-state index in [0.717, 1.165) is 11.1 Å². The van der Waals surface area contributed by atoms with Crippen LogP contribution in [0.2, 0.25) is 0 Å². The highest BCUT2D eigenvalue weighted by Crippen LogP contribution is 2.29. The average Bonchev–Trinajstić information content (AvgIpc) is 3.38. The Kier molecular flexibility index (Phi) is 8.89. The summed E-state index contributed by atoms with van der Waals surface area (Å²) < 4.78 is 33.5. The van der Waals surface area contributed by atoms with Crippen molar-refractivity contribution in [1.82, 2.24) is 25.3 Å². The lowest BCUT2D eigenvalue weighted by Crippen LogP contribution is -2.59. The van der Waals surface area contributed by atoms with Crippen LogP contribution >= 0.6 is 0 Å². The summed E-state index contributed by atoms with van der Waals surface area (Å²) in [6.45, 7) is 2.35. The first-order valence-corrected chi connectivity index (χ1v) is 13.8. The summed E-state index contributed by atoms with van der Waals surface area (Å²) in [5.74, 6) is -0.163. The third-order valence-corrected chi connectivity index (χ3v) is 7.24. The Bertz CT molecular complexity index is 1460. The van der Waals surface area contributed by atoms with Gasteiger partial charge in [0, 0.05) is 44.7 Å². The van der Waals surface area contributed by atoms with E-state index in [2.05, 4.69) is 15.7 Å². The van der Waals surface area contributed by atoms with Crippen molar-refractivity contribution in [3.8, 4) is 17.2 Å². The van der Waals surface area contributed by atoms with Crippen molar-refractivity contribution in [2.24, 2.45) is 0 Å². The maximum absolute atomic E-state index is 14.5. The quantitative estimate of drug-likeness (QED) is 0.487. The molecule has 2 aromatic carbocycles. The van der Waals surface area contributed by atoms with E-state index >= 15 is 0 Å². The number of nitrogens with one attached hydrogen (secondary N) is 2. The van der Waals surface area contributed by atoms with Gasteiger partial charge in [0.2, 0.25) is 11.8 Å². The number of methoxy groups -OCH3 is 1. The molecule has 4 bridgehead atoms. The number of aryl methyl sites for hydroxylation is 2. The van der Waals surface area contributed by atoms with Crippen molar-refractivity contribution in [2.45, 2.75) is 51.4 Å². The molecule has 1 saturated heterocycles. The molecule has 2 aliphatic heterocycles. The van der Waals surface area contributed by atoms with Gasteiger partial charge in [-0.15, -0.1) is 0 Å². The molecule has 11 nitrogen and oxygen atoms in total. The van der Waals surface area contributed by atoms with Crippen LogP contribution in [0.25, 0.3) is 0 Å². The highest BCUT2D eigenvalue weighted by molar-refractivity contribution is 5.79. The van der Waals surface area contributed by atoms with E-state index < -0.39 is 23.9 Å². The van der Waals surface area contributed by atoms with Gasteiger partial charge in [0.05, 0.1) is 19.3 Å². The molecule has 222 valence electrons. The topological polar surface area (TPSA) is 124 Å². The number of aromatic nitrogens is 2. The first kappa shape index (κ1) is 28.9. The number of amides is 3. The number of halogens is 1. The second-order valence-electron chi connectivity index (χ2n) is 10.5. The molecule has 2 aliphatic rings. The van der Waals surface area contributed by atoms with Crippen molar-refractivity contribution in [1.29, 1.82) is 0 Å². The molecular formula is C30H34FN5O6. The van der Waals surface area contributed by atoms with E-state index in [-0.39, 0.29) is 50.2 Å². The lowest BCUT2D eigenvalue weighted by Gasteiger charge is -2.39. The molecule has 0 saturated carbocycles. The zero-order chi connectivity index (χ0) is 29.6. The summed E-state index contributed by atoms with van der Waals surface area (Å²) >= 11 is 0. The van der Waals surface area contributed by atoms with Crippen LogP contribution in [-0.2, 0) is 33.9 Å².